The molecule has 16 heavy (non-hydrogen) atoms. The number of aromatic carboxylic acids is 1. The maximum Gasteiger partial charge on any atom is 0.371 e. The summed E-state index contributed by atoms with van der Waals surface area (Å²) >= 11 is 0. The fourth-order valence-electron chi connectivity index (χ4n) is 1.37. The Morgan fingerprint density at radius 1 is 1.62 bits per heavy atom. The number of aryl methyl sites for hydroxylation is 1. The Morgan fingerprint density at radius 3 is 2.94 bits per heavy atom. The summed E-state index contributed by atoms with van der Waals surface area (Å²) in [4.78, 5) is 10.7. The van der Waals surface area contributed by atoms with Crippen LogP contribution in [0.3, 0.4) is 0 Å². The van der Waals surface area contributed by atoms with Gasteiger partial charge in [0.2, 0.25) is 5.76 Å². The molecule has 0 spiro atoms. The molecule has 1 rings (SSSR count). The van der Waals surface area contributed by atoms with Gasteiger partial charge < -0.3 is 19.6 Å². The molecule has 5 heteroatoms. The molecule has 0 aliphatic rings. The van der Waals surface area contributed by atoms with Gasteiger partial charge >= 0.3 is 5.97 Å². The van der Waals surface area contributed by atoms with Crippen LogP contribution in [-0.4, -0.2) is 31.3 Å². The van der Waals surface area contributed by atoms with E-state index in [2.05, 4.69) is 5.32 Å². The minimum absolute atomic E-state index is 0.00816. The highest BCUT2D eigenvalue weighted by Gasteiger charge is 2.12. The molecule has 90 valence electrons. The summed E-state index contributed by atoms with van der Waals surface area (Å²) in [7, 11) is 1.67. The molecular weight excluding hydrogens is 210 g/mol. The highest BCUT2D eigenvalue weighted by molar-refractivity contribution is 5.84. The van der Waals surface area contributed by atoms with Crippen molar-refractivity contribution in [3.05, 3.63) is 23.2 Å². The quantitative estimate of drug-likeness (QED) is 0.689. The van der Waals surface area contributed by atoms with Gasteiger partial charge in [-0.2, -0.15) is 0 Å². The van der Waals surface area contributed by atoms with E-state index in [1.807, 2.05) is 0 Å². The van der Waals surface area contributed by atoms with Gasteiger partial charge in [0.1, 0.15) is 5.76 Å². The second kappa shape index (κ2) is 6.30. The Balaban J connectivity index is 2.39. The number of ether oxygens (including phenoxy) is 1. The second-order valence-corrected chi connectivity index (χ2v) is 3.52. The highest BCUT2D eigenvalue weighted by Crippen LogP contribution is 2.14. The summed E-state index contributed by atoms with van der Waals surface area (Å²) in [5.41, 5.74) is 0.884. The zero-order valence-corrected chi connectivity index (χ0v) is 9.58. The summed E-state index contributed by atoms with van der Waals surface area (Å²) in [5, 5.41) is 11.9. The van der Waals surface area contributed by atoms with E-state index < -0.39 is 5.97 Å². The largest absolute Gasteiger partial charge is 0.475 e. The molecule has 2 N–H and O–H groups in total. The molecule has 0 unspecified atom stereocenters. The summed E-state index contributed by atoms with van der Waals surface area (Å²) in [5.74, 6) is -0.392. The van der Waals surface area contributed by atoms with Gasteiger partial charge in [0.25, 0.3) is 0 Å². The number of carboxylic acid groups (broad SMARTS) is 1. The molecule has 0 radical (unpaired) electrons. The molecule has 0 bridgehead atoms. The molecule has 0 saturated heterocycles. The first kappa shape index (κ1) is 12.7. The standard InChI is InChI=1S/C11H17NO4/c1-8-9(6-10(16-8)11(13)14)7-12-4-3-5-15-2/h6,12H,3-5,7H2,1-2H3,(H,13,14). The van der Waals surface area contributed by atoms with Crippen LogP contribution in [0.4, 0.5) is 0 Å². The fourth-order valence-corrected chi connectivity index (χ4v) is 1.37. The maximum absolute atomic E-state index is 10.7. The van der Waals surface area contributed by atoms with Crippen molar-refractivity contribution in [3.63, 3.8) is 0 Å². The summed E-state index contributed by atoms with van der Waals surface area (Å²) in [6, 6.07) is 1.56. The van der Waals surface area contributed by atoms with Crippen molar-refractivity contribution < 1.29 is 19.1 Å². The maximum atomic E-state index is 10.7. The van der Waals surface area contributed by atoms with E-state index in [1.165, 1.54) is 0 Å². The zero-order chi connectivity index (χ0) is 12.0. The fraction of sp³-hybridized carbons (Fsp3) is 0.545. The normalized spacial score (nSPS) is 10.6. The molecule has 0 aliphatic heterocycles. The average Bonchev–Trinajstić information content (AvgIpc) is 2.60. The third-order valence-electron chi connectivity index (χ3n) is 2.25. The minimum Gasteiger partial charge on any atom is -0.475 e. The van der Waals surface area contributed by atoms with Crippen LogP contribution < -0.4 is 5.32 Å². The topological polar surface area (TPSA) is 71.7 Å². The van der Waals surface area contributed by atoms with Crippen LogP contribution in [0, 0.1) is 6.92 Å². The lowest BCUT2D eigenvalue weighted by atomic mass is 10.2. The molecule has 0 saturated carbocycles. The lowest BCUT2D eigenvalue weighted by molar-refractivity contribution is 0.0661. The van der Waals surface area contributed by atoms with Crippen LogP contribution in [0.2, 0.25) is 0 Å². The monoisotopic (exact) mass is 227 g/mol. The predicted octanol–water partition coefficient (Wildman–Crippen LogP) is 1.41. The number of hydrogen-bond acceptors (Lipinski definition) is 4. The number of hydrogen-bond donors (Lipinski definition) is 2. The van der Waals surface area contributed by atoms with E-state index in [-0.39, 0.29) is 5.76 Å². The van der Waals surface area contributed by atoms with Gasteiger partial charge in [-0.05, 0) is 26.0 Å². The first-order valence-corrected chi connectivity index (χ1v) is 5.17. The number of carbonyl (C=O) groups is 1. The lowest BCUT2D eigenvalue weighted by Gasteiger charge is -2.02. The SMILES string of the molecule is COCCCNCc1cc(C(=O)O)oc1C. The van der Waals surface area contributed by atoms with Gasteiger partial charge in [0.15, 0.2) is 0 Å². The van der Waals surface area contributed by atoms with E-state index in [4.69, 9.17) is 14.3 Å². The van der Waals surface area contributed by atoms with E-state index in [0.29, 0.717) is 12.3 Å². The van der Waals surface area contributed by atoms with E-state index in [1.54, 1.807) is 20.1 Å². The molecule has 0 atom stereocenters. The summed E-state index contributed by atoms with van der Waals surface area (Å²) in [6.45, 7) is 3.93. The van der Waals surface area contributed by atoms with Gasteiger partial charge in [0.05, 0.1) is 0 Å². The number of furan rings is 1. The van der Waals surface area contributed by atoms with E-state index in [0.717, 1.165) is 25.1 Å². The molecule has 0 fully saturated rings. The molecule has 5 nitrogen and oxygen atoms in total. The summed E-state index contributed by atoms with van der Waals surface area (Å²) in [6.07, 6.45) is 0.930. The first-order chi connectivity index (χ1) is 7.65. The van der Waals surface area contributed by atoms with Crippen LogP contribution in [0.15, 0.2) is 10.5 Å². The van der Waals surface area contributed by atoms with Crippen molar-refractivity contribution in [2.45, 2.75) is 19.9 Å². The Morgan fingerprint density at radius 2 is 2.38 bits per heavy atom. The van der Waals surface area contributed by atoms with Gasteiger partial charge in [-0.1, -0.05) is 0 Å². The van der Waals surface area contributed by atoms with Crippen molar-refractivity contribution in [3.8, 4) is 0 Å². The van der Waals surface area contributed by atoms with Crippen molar-refractivity contribution in [1.29, 1.82) is 0 Å². The molecule has 0 amide bonds. The van der Waals surface area contributed by atoms with Crippen molar-refractivity contribution in [1.82, 2.24) is 5.32 Å². The van der Waals surface area contributed by atoms with Crippen molar-refractivity contribution >= 4 is 5.97 Å². The van der Waals surface area contributed by atoms with Crippen molar-refractivity contribution in [2.24, 2.45) is 0 Å². The molecule has 1 aromatic rings. The van der Waals surface area contributed by atoms with Crippen LogP contribution in [0.1, 0.15) is 28.3 Å². The highest BCUT2D eigenvalue weighted by atomic mass is 16.5. The minimum atomic E-state index is -1.03. The Hall–Kier alpha value is -1.33. The number of methoxy groups -OCH3 is 1. The van der Waals surface area contributed by atoms with Gasteiger partial charge in [-0.15, -0.1) is 0 Å². The molecular formula is C11H17NO4. The smallest absolute Gasteiger partial charge is 0.371 e. The lowest BCUT2D eigenvalue weighted by Crippen LogP contribution is -2.16. The first-order valence-electron chi connectivity index (χ1n) is 5.17. The van der Waals surface area contributed by atoms with E-state index in [9.17, 15) is 4.79 Å². The van der Waals surface area contributed by atoms with Crippen LogP contribution in [0.25, 0.3) is 0 Å². The second-order valence-electron chi connectivity index (χ2n) is 3.52. The van der Waals surface area contributed by atoms with Gasteiger partial charge in [-0.3, -0.25) is 0 Å². The predicted molar refractivity (Wildman–Crippen MR) is 58.6 cm³/mol. The summed E-state index contributed by atoms with van der Waals surface area (Å²) < 4.78 is 10.0. The third kappa shape index (κ3) is 3.67. The van der Waals surface area contributed by atoms with Gasteiger partial charge in [0, 0.05) is 25.8 Å². The number of nitrogens with one attached hydrogen (secondary N) is 1. The van der Waals surface area contributed by atoms with Crippen molar-refractivity contribution in [2.75, 3.05) is 20.3 Å². The number of carboxylic acids is 1. The molecule has 1 heterocycles. The third-order valence-corrected chi connectivity index (χ3v) is 2.25. The average molecular weight is 227 g/mol. The zero-order valence-electron chi connectivity index (χ0n) is 9.58. The van der Waals surface area contributed by atoms with E-state index >= 15 is 0 Å². The molecule has 0 aliphatic carbocycles. The van der Waals surface area contributed by atoms with Crippen LogP contribution in [-0.2, 0) is 11.3 Å². The molecule has 1 aromatic heterocycles. The Bertz CT molecular complexity index is 346. The number of rotatable bonds is 7. The Kier molecular flexibility index (Phi) is 5.01. The van der Waals surface area contributed by atoms with Gasteiger partial charge in [-0.25, -0.2) is 4.79 Å². The molecule has 0 aromatic carbocycles. The van der Waals surface area contributed by atoms with Crippen LogP contribution in [0.5, 0.6) is 0 Å². The Labute approximate surface area is 94.4 Å². The van der Waals surface area contributed by atoms with Crippen LogP contribution >= 0.6 is 0 Å².